The monoisotopic (exact) mass is 346 g/mol. The van der Waals surface area contributed by atoms with Gasteiger partial charge in [-0.2, -0.15) is 0 Å². The van der Waals surface area contributed by atoms with E-state index in [9.17, 15) is 4.39 Å². The van der Waals surface area contributed by atoms with Gasteiger partial charge >= 0.3 is 0 Å². The summed E-state index contributed by atoms with van der Waals surface area (Å²) in [6.07, 6.45) is 3.09. The van der Waals surface area contributed by atoms with Crippen molar-refractivity contribution in [2.45, 2.75) is 25.4 Å². The first-order valence-corrected chi connectivity index (χ1v) is 7.13. The van der Waals surface area contributed by atoms with Gasteiger partial charge < -0.3 is 20.4 Å². The zero-order valence-corrected chi connectivity index (χ0v) is 12.4. The fourth-order valence-electron chi connectivity index (χ4n) is 2.02. The van der Waals surface area contributed by atoms with Crippen LogP contribution in [0.4, 0.5) is 4.39 Å². The lowest BCUT2D eigenvalue weighted by molar-refractivity contribution is -0.0117. The van der Waals surface area contributed by atoms with Gasteiger partial charge in [-0.25, -0.2) is 4.39 Å². The van der Waals surface area contributed by atoms with Crippen molar-refractivity contribution in [3.63, 3.8) is 0 Å². The predicted octanol–water partition coefficient (Wildman–Crippen LogP) is 2.63. The molecule has 0 bridgehead atoms. The van der Waals surface area contributed by atoms with Crippen LogP contribution in [0, 0.1) is 5.82 Å². The molecule has 1 aromatic rings. The maximum absolute atomic E-state index is 14.1. The molecule has 1 aliphatic heterocycles. The number of benzene rings is 1. The van der Waals surface area contributed by atoms with Gasteiger partial charge in [0.15, 0.2) is 17.4 Å². The van der Waals surface area contributed by atoms with E-state index in [1.165, 1.54) is 12.1 Å². The van der Waals surface area contributed by atoms with Crippen LogP contribution in [0.5, 0.6) is 5.75 Å². The number of hydrogen-bond acceptors (Lipinski definition) is 4. The number of amidine groups is 1. The summed E-state index contributed by atoms with van der Waals surface area (Å²) in [7, 11) is 0. The van der Waals surface area contributed by atoms with Gasteiger partial charge in [-0.05, 0) is 47.3 Å². The quantitative estimate of drug-likeness (QED) is 0.380. The number of rotatable bonds is 4. The lowest BCUT2D eigenvalue weighted by Gasteiger charge is -2.22. The van der Waals surface area contributed by atoms with Crippen molar-refractivity contribution < 1.29 is 19.1 Å². The minimum absolute atomic E-state index is 0.00526. The Kier molecular flexibility index (Phi) is 5.19. The van der Waals surface area contributed by atoms with E-state index in [4.69, 9.17) is 20.4 Å². The lowest BCUT2D eigenvalue weighted by atomic mass is 10.1. The molecular weight excluding hydrogens is 331 g/mol. The summed E-state index contributed by atoms with van der Waals surface area (Å²) >= 11 is 3.08. The highest BCUT2D eigenvalue weighted by atomic mass is 79.9. The van der Waals surface area contributed by atoms with E-state index in [1.807, 2.05) is 0 Å². The summed E-state index contributed by atoms with van der Waals surface area (Å²) in [6.45, 7) is 1.04. The number of halogens is 2. The van der Waals surface area contributed by atoms with Crippen LogP contribution in [-0.4, -0.2) is 30.4 Å². The zero-order valence-electron chi connectivity index (χ0n) is 10.8. The van der Waals surface area contributed by atoms with Crippen LogP contribution in [0.25, 0.3) is 0 Å². The summed E-state index contributed by atoms with van der Waals surface area (Å²) in [4.78, 5) is 0. The van der Waals surface area contributed by atoms with E-state index in [-0.39, 0.29) is 27.7 Å². The average Bonchev–Trinajstić information content (AvgIpc) is 2.49. The molecule has 7 heteroatoms. The van der Waals surface area contributed by atoms with Crippen molar-refractivity contribution in [1.82, 2.24) is 0 Å². The Hall–Kier alpha value is -1.34. The lowest BCUT2D eigenvalue weighted by Crippen LogP contribution is -2.26. The van der Waals surface area contributed by atoms with Crippen molar-refractivity contribution in [1.29, 1.82) is 0 Å². The molecule has 20 heavy (non-hydrogen) atoms. The van der Waals surface area contributed by atoms with Crippen LogP contribution in [0.1, 0.15) is 24.8 Å². The molecule has 1 atom stereocenters. The summed E-state index contributed by atoms with van der Waals surface area (Å²) in [5.74, 6) is -0.636. The van der Waals surface area contributed by atoms with Crippen LogP contribution in [0.2, 0.25) is 0 Å². The predicted molar refractivity (Wildman–Crippen MR) is 75.7 cm³/mol. The Morgan fingerprint density at radius 2 is 2.35 bits per heavy atom. The first-order valence-electron chi connectivity index (χ1n) is 6.33. The Bertz CT molecular complexity index is 505. The molecule has 1 heterocycles. The smallest absolute Gasteiger partial charge is 0.179 e. The highest BCUT2D eigenvalue weighted by Gasteiger charge is 2.18. The van der Waals surface area contributed by atoms with Gasteiger partial charge in [-0.3, -0.25) is 0 Å². The summed E-state index contributed by atoms with van der Waals surface area (Å²) < 4.78 is 25.2. The van der Waals surface area contributed by atoms with Gasteiger partial charge in [-0.15, -0.1) is 0 Å². The molecule has 1 unspecified atom stereocenters. The molecule has 1 aromatic carbocycles. The van der Waals surface area contributed by atoms with Crippen molar-refractivity contribution in [2.75, 3.05) is 13.2 Å². The second-order valence-electron chi connectivity index (χ2n) is 4.52. The fourth-order valence-corrected chi connectivity index (χ4v) is 2.55. The molecule has 2 rings (SSSR count). The van der Waals surface area contributed by atoms with Gasteiger partial charge in [-0.1, -0.05) is 5.16 Å². The molecule has 0 spiro atoms. The molecule has 0 aromatic heterocycles. The van der Waals surface area contributed by atoms with Crippen LogP contribution >= 0.6 is 15.9 Å². The summed E-state index contributed by atoms with van der Waals surface area (Å²) in [5.41, 5.74) is 5.72. The van der Waals surface area contributed by atoms with Crippen LogP contribution in [0.15, 0.2) is 21.8 Å². The first-order chi connectivity index (χ1) is 9.63. The zero-order chi connectivity index (χ0) is 14.5. The molecule has 0 saturated carbocycles. The fraction of sp³-hybridized carbons (Fsp3) is 0.462. The van der Waals surface area contributed by atoms with Crippen LogP contribution in [0.3, 0.4) is 0 Å². The standard InChI is InChI=1S/C13H16BrFN2O3/c14-11-9(13(16)17-18)4-5-10(12(11)15)20-7-8-3-1-2-6-19-8/h4-5,8,18H,1-3,6-7H2,(H2,16,17). The third-order valence-corrected chi connectivity index (χ3v) is 3.90. The molecule has 1 saturated heterocycles. The highest BCUT2D eigenvalue weighted by molar-refractivity contribution is 9.10. The van der Waals surface area contributed by atoms with E-state index in [0.29, 0.717) is 6.61 Å². The van der Waals surface area contributed by atoms with Gasteiger partial charge in [0.2, 0.25) is 0 Å². The van der Waals surface area contributed by atoms with Gasteiger partial charge in [0, 0.05) is 12.2 Å². The Balaban J connectivity index is 2.07. The van der Waals surface area contributed by atoms with E-state index in [2.05, 4.69) is 21.1 Å². The van der Waals surface area contributed by atoms with Crippen LogP contribution < -0.4 is 10.5 Å². The van der Waals surface area contributed by atoms with E-state index >= 15 is 0 Å². The third-order valence-electron chi connectivity index (χ3n) is 3.13. The third kappa shape index (κ3) is 3.40. The second kappa shape index (κ2) is 6.90. The number of hydrogen-bond donors (Lipinski definition) is 2. The molecule has 110 valence electrons. The number of ether oxygens (including phenoxy) is 2. The van der Waals surface area contributed by atoms with Crippen LogP contribution in [-0.2, 0) is 4.74 Å². The van der Waals surface area contributed by atoms with Gasteiger partial charge in [0.05, 0.1) is 10.6 Å². The maximum atomic E-state index is 14.1. The Morgan fingerprint density at radius 1 is 1.55 bits per heavy atom. The van der Waals surface area contributed by atoms with Gasteiger partial charge in [0.1, 0.15) is 6.61 Å². The van der Waals surface area contributed by atoms with E-state index in [1.54, 1.807) is 0 Å². The van der Waals surface area contributed by atoms with E-state index < -0.39 is 5.82 Å². The maximum Gasteiger partial charge on any atom is 0.179 e. The Morgan fingerprint density at radius 3 is 3.00 bits per heavy atom. The SMILES string of the molecule is N/C(=N/O)c1ccc(OCC2CCCCO2)c(F)c1Br. The number of nitrogens with two attached hydrogens (primary N) is 1. The molecule has 0 aliphatic carbocycles. The molecule has 0 amide bonds. The van der Waals surface area contributed by atoms with Crippen molar-refractivity contribution in [3.8, 4) is 5.75 Å². The number of oxime groups is 1. The van der Waals surface area contributed by atoms with Crippen molar-refractivity contribution in [3.05, 3.63) is 28.0 Å². The number of nitrogens with zero attached hydrogens (tertiary/aromatic N) is 1. The van der Waals surface area contributed by atoms with E-state index in [0.717, 1.165) is 25.9 Å². The minimum Gasteiger partial charge on any atom is -0.488 e. The summed E-state index contributed by atoms with van der Waals surface area (Å²) in [5, 5.41) is 11.5. The molecule has 1 fully saturated rings. The molecule has 1 aliphatic rings. The first kappa shape index (κ1) is 15.1. The molecule has 0 radical (unpaired) electrons. The Labute approximate surface area is 124 Å². The second-order valence-corrected chi connectivity index (χ2v) is 5.32. The molecule has 3 N–H and O–H groups in total. The largest absolute Gasteiger partial charge is 0.488 e. The van der Waals surface area contributed by atoms with Crippen molar-refractivity contribution >= 4 is 21.8 Å². The summed E-state index contributed by atoms with van der Waals surface area (Å²) in [6, 6.07) is 2.98. The minimum atomic E-state index is -0.579. The van der Waals surface area contributed by atoms with Gasteiger partial charge in [0.25, 0.3) is 0 Å². The average molecular weight is 347 g/mol. The highest BCUT2D eigenvalue weighted by Crippen LogP contribution is 2.29. The molecule has 5 nitrogen and oxygen atoms in total. The van der Waals surface area contributed by atoms with Crippen molar-refractivity contribution in [2.24, 2.45) is 10.9 Å². The molecular formula is C13H16BrFN2O3. The normalized spacial score (nSPS) is 19.9. The topological polar surface area (TPSA) is 77.1 Å².